The molecule has 0 aromatic carbocycles. The molecule has 0 radical (unpaired) electrons. The van der Waals surface area contributed by atoms with Crippen LogP contribution in [0, 0.1) is 23.7 Å². The van der Waals surface area contributed by atoms with Crippen molar-refractivity contribution in [3.05, 3.63) is 12.2 Å². The van der Waals surface area contributed by atoms with Gasteiger partial charge >= 0.3 is 0 Å². The molecule has 0 amide bonds. The zero-order chi connectivity index (χ0) is 17.0. The van der Waals surface area contributed by atoms with E-state index < -0.39 is 0 Å². The minimum absolute atomic E-state index is 0.0203. The second-order valence-corrected chi connectivity index (χ2v) is 7.00. The van der Waals surface area contributed by atoms with Crippen LogP contribution in [-0.2, 0) is 14.3 Å². The Bertz CT molecular complexity index is 440. The van der Waals surface area contributed by atoms with E-state index in [9.17, 15) is 4.79 Å². The third-order valence-electron chi connectivity index (χ3n) is 4.88. The van der Waals surface area contributed by atoms with Crippen LogP contribution in [0.1, 0.15) is 71.1 Å². The molecular formula is C21H32O3. The Labute approximate surface area is 147 Å². The molecule has 0 spiro atoms. The zero-order valence-electron chi connectivity index (χ0n) is 15.0. The zero-order valence-corrected chi connectivity index (χ0v) is 15.0. The summed E-state index contributed by atoms with van der Waals surface area (Å²) in [5.74, 6) is 7.73. The van der Waals surface area contributed by atoms with Crippen LogP contribution in [0.15, 0.2) is 12.2 Å². The molecule has 2 aliphatic rings. The highest BCUT2D eigenvalue weighted by Gasteiger charge is 2.34. The summed E-state index contributed by atoms with van der Waals surface area (Å²) < 4.78 is 11.7. The van der Waals surface area contributed by atoms with E-state index in [1.807, 2.05) is 6.08 Å². The Morgan fingerprint density at radius 2 is 2.12 bits per heavy atom. The highest BCUT2D eigenvalue weighted by atomic mass is 16.7. The predicted molar refractivity (Wildman–Crippen MR) is 96.4 cm³/mol. The first kappa shape index (κ1) is 19.2. The van der Waals surface area contributed by atoms with Crippen LogP contribution in [0.5, 0.6) is 0 Å². The summed E-state index contributed by atoms with van der Waals surface area (Å²) in [7, 11) is 0. The number of aldehydes is 1. The molecule has 0 bridgehead atoms. The number of hydrogen-bond acceptors (Lipinski definition) is 3. The normalized spacial score (nSPS) is 27.5. The van der Waals surface area contributed by atoms with Crippen LogP contribution >= 0.6 is 0 Å². The predicted octanol–water partition coefficient (Wildman–Crippen LogP) is 4.65. The minimum Gasteiger partial charge on any atom is -0.353 e. The average molecular weight is 332 g/mol. The Morgan fingerprint density at radius 1 is 1.25 bits per heavy atom. The second kappa shape index (κ2) is 11.4. The van der Waals surface area contributed by atoms with Gasteiger partial charge in [0.2, 0.25) is 0 Å². The van der Waals surface area contributed by atoms with E-state index in [2.05, 4.69) is 24.8 Å². The van der Waals surface area contributed by atoms with Gasteiger partial charge in [0.05, 0.1) is 0 Å². The van der Waals surface area contributed by atoms with Gasteiger partial charge in [-0.3, -0.25) is 0 Å². The fourth-order valence-corrected chi connectivity index (χ4v) is 3.21. The van der Waals surface area contributed by atoms with Gasteiger partial charge in [0.25, 0.3) is 0 Å². The highest BCUT2D eigenvalue weighted by Crippen LogP contribution is 2.43. The summed E-state index contributed by atoms with van der Waals surface area (Å²) in [6, 6.07) is 0. The molecule has 4 atom stereocenters. The van der Waals surface area contributed by atoms with E-state index >= 15 is 0 Å². The standard InChI is InChI=1S/C21H32O3/c1-2-3-5-11-20(24-21-13-8-9-16-23-21)12-7-4-6-10-18-17-19(18)14-15-22/h4,6,15,18-21H,2-3,5,8-11,13-14,16-17H2,1H3/t18-,19-,20?,21?/m1/s1. The minimum atomic E-state index is -0.0702. The summed E-state index contributed by atoms with van der Waals surface area (Å²) in [6.07, 6.45) is 15.9. The van der Waals surface area contributed by atoms with E-state index in [1.54, 1.807) is 0 Å². The monoisotopic (exact) mass is 332 g/mol. The number of allylic oxidation sites excluding steroid dienone is 2. The van der Waals surface area contributed by atoms with Crippen molar-refractivity contribution in [3.8, 4) is 11.8 Å². The van der Waals surface area contributed by atoms with Crippen LogP contribution in [0.3, 0.4) is 0 Å². The lowest BCUT2D eigenvalue weighted by molar-refractivity contribution is -0.177. The second-order valence-electron chi connectivity index (χ2n) is 7.00. The molecule has 0 aromatic heterocycles. The first-order valence-corrected chi connectivity index (χ1v) is 9.70. The van der Waals surface area contributed by atoms with E-state index in [1.165, 1.54) is 25.7 Å². The Hall–Kier alpha value is -1.11. The van der Waals surface area contributed by atoms with Crippen molar-refractivity contribution in [2.45, 2.75) is 83.5 Å². The van der Waals surface area contributed by atoms with Gasteiger partial charge in [-0.15, -0.1) is 0 Å². The van der Waals surface area contributed by atoms with Crippen LogP contribution in [0.2, 0.25) is 0 Å². The van der Waals surface area contributed by atoms with Crippen molar-refractivity contribution < 1.29 is 14.3 Å². The van der Waals surface area contributed by atoms with Crippen LogP contribution in [-0.4, -0.2) is 25.3 Å². The van der Waals surface area contributed by atoms with E-state index in [4.69, 9.17) is 9.47 Å². The molecule has 134 valence electrons. The maximum atomic E-state index is 10.5. The van der Waals surface area contributed by atoms with Crippen molar-refractivity contribution in [1.82, 2.24) is 0 Å². The molecule has 3 nitrogen and oxygen atoms in total. The summed E-state index contributed by atoms with van der Waals surface area (Å²) in [4.78, 5) is 10.5. The smallest absolute Gasteiger partial charge is 0.159 e. The van der Waals surface area contributed by atoms with Crippen molar-refractivity contribution in [3.63, 3.8) is 0 Å². The largest absolute Gasteiger partial charge is 0.353 e. The van der Waals surface area contributed by atoms with Gasteiger partial charge in [0.15, 0.2) is 6.29 Å². The molecule has 24 heavy (non-hydrogen) atoms. The number of hydrogen-bond donors (Lipinski definition) is 0. The molecule has 1 saturated heterocycles. The topological polar surface area (TPSA) is 35.5 Å². The fourth-order valence-electron chi connectivity index (χ4n) is 3.21. The van der Waals surface area contributed by atoms with Gasteiger partial charge in [-0.1, -0.05) is 37.7 Å². The Kier molecular flexibility index (Phi) is 9.16. The Morgan fingerprint density at radius 3 is 2.88 bits per heavy atom. The van der Waals surface area contributed by atoms with Gasteiger partial charge in [-0.05, 0) is 62.9 Å². The maximum Gasteiger partial charge on any atom is 0.159 e. The van der Waals surface area contributed by atoms with Gasteiger partial charge in [-0.2, -0.15) is 0 Å². The number of carbonyl (C=O) groups is 1. The van der Waals surface area contributed by atoms with E-state index in [0.29, 0.717) is 11.8 Å². The summed E-state index contributed by atoms with van der Waals surface area (Å²) >= 11 is 0. The molecule has 3 heteroatoms. The van der Waals surface area contributed by atoms with Crippen molar-refractivity contribution in [1.29, 1.82) is 0 Å². The lowest BCUT2D eigenvalue weighted by Crippen LogP contribution is -2.27. The molecule has 2 unspecified atom stereocenters. The molecule has 1 saturated carbocycles. The summed E-state index contributed by atoms with van der Waals surface area (Å²) in [5, 5.41) is 0. The van der Waals surface area contributed by atoms with E-state index in [-0.39, 0.29) is 12.4 Å². The van der Waals surface area contributed by atoms with E-state index in [0.717, 1.165) is 51.4 Å². The molecular weight excluding hydrogens is 300 g/mol. The number of unbranched alkanes of at least 4 members (excludes halogenated alkanes) is 2. The van der Waals surface area contributed by atoms with Crippen LogP contribution < -0.4 is 0 Å². The first-order valence-electron chi connectivity index (χ1n) is 9.70. The Balaban J connectivity index is 1.73. The molecule has 0 aromatic rings. The fraction of sp³-hybridized carbons (Fsp3) is 0.762. The molecule has 1 heterocycles. The lowest BCUT2D eigenvalue weighted by Gasteiger charge is -2.25. The van der Waals surface area contributed by atoms with Gasteiger partial charge < -0.3 is 14.3 Å². The first-order chi connectivity index (χ1) is 11.8. The maximum absolute atomic E-state index is 10.5. The summed E-state index contributed by atoms with van der Waals surface area (Å²) in [5.41, 5.74) is 0. The SMILES string of the molecule is CCCCCC(C#CC=CC[C@@H]1C[C@H]1CC=O)OC1CCCCO1. The third kappa shape index (κ3) is 7.64. The average Bonchev–Trinajstić information content (AvgIpc) is 3.34. The van der Waals surface area contributed by atoms with Gasteiger partial charge in [0.1, 0.15) is 12.4 Å². The van der Waals surface area contributed by atoms with Crippen LogP contribution in [0.4, 0.5) is 0 Å². The van der Waals surface area contributed by atoms with Gasteiger partial charge in [0, 0.05) is 13.0 Å². The number of rotatable bonds is 10. The van der Waals surface area contributed by atoms with Crippen molar-refractivity contribution in [2.75, 3.05) is 6.61 Å². The van der Waals surface area contributed by atoms with Crippen molar-refractivity contribution in [2.24, 2.45) is 11.8 Å². The molecule has 2 fully saturated rings. The molecule has 2 rings (SSSR count). The third-order valence-corrected chi connectivity index (χ3v) is 4.88. The lowest BCUT2D eigenvalue weighted by atomic mass is 10.1. The number of ether oxygens (including phenoxy) is 2. The van der Waals surface area contributed by atoms with Crippen LogP contribution in [0.25, 0.3) is 0 Å². The molecule has 0 N–H and O–H groups in total. The van der Waals surface area contributed by atoms with Gasteiger partial charge in [-0.25, -0.2) is 0 Å². The summed E-state index contributed by atoms with van der Waals surface area (Å²) in [6.45, 7) is 3.02. The molecule has 1 aliphatic heterocycles. The van der Waals surface area contributed by atoms with Crippen molar-refractivity contribution >= 4 is 6.29 Å². The highest BCUT2D eigenvalue weighted by molar-refractivity contribution is 5.50. The quantitative estimate of drug-likeness (QED) is 0.332. The number of carbonyl (C=O) groups excluding carboxylic acids is 1. The molecule has 1 aliphatic carbocycles.